The van der Waals surface area contributed by atoms with Crippen LogP contribution in [-0.4, -0.2) is 24.0 Å². The molecule has 3 heterocycles. The SMILES string of the molecule is O=C(N[C@@H]1C[C@H]2CC[C@@H]1N2)c1ccc(-c2ccccc2)s1. The lowest BCUT2D eigenvalue weighted by molar-refractivity contribution is 0.0935. The third-order valence-corrected chi connectivity index (χ3v) is 5.64. The molecule has 2 bridgehead atoms. The summed E-state index contributed by atoms with van der Waals surface area (Å²) in [5.41, 5.74) is 1.17. The Morgan fingerprint density at radius 1 is 1.14 bits per heavy atom. The van der Waals surface area contributed by atoms with Crippen LogP contribution in [0.3, 0.4) is 0 Å². The van der Waals surface area contributed by atoms with Gasteiger partial charge in [0.25, 0.3) is 5.91 Å². The van der Waals surface area contributed by atoms with Crippen LogP contribution < -0.4 is 10.6 Å². The zero-order valence-corrected chi connectivity index (χ0v) is 12.5. The van der Waals surface area contributed by atoms with Crippen molar-refractivity contribution in [3.05, 3.63) is 47.3 Å². The van der Waals surface area contributed by atoms with Crippen LogP contribution in [0, 0.1) is 0 Å². The molecule has 0 spiro atoms. The number of carbonyl (C=O) groups excluding carboxylic acids is 1. The molecule has 0 saturated carbocycles. The molecule has 1 aromatic heterocycles. The van der Waals surface area contributed by atoms with E-state index in [9.17, 15) is 4.79 Å². The summed E-state index contributed by atoms with van der Waals surface area (Å²) >= 11 is 1.57. The summed E-state index contributed by atoms with van der Waals surface area (Å²) in [6.45, 7) is 0. The third kappa shape index (κ3) is 2.49. The van der Waals surface area contributed by atoms with E-state index in [2.05, 4.69) is 22.8 Å². The van der Waals surface area contributed by atoms with Crippen LogP contribution in [0.15, 0.2) is 42.5 Å². The second kappa shape index (κ2) is 5.28. The van der Waals surface area contributed by atoms with Crippen molar-refractivity contribution < 1.29 is 4.79 Å². The quantitative estimate of drug-likeness (QED) is 0.914. The molecule has 2 aliphatic rings. The summed E-state index contributed by atoms with van der Waals surface area (Å²) < 4.78 is 0. The number of fused-ring (bicyclic) bond motifs is 2. The zero-order valence-electron chi connectivity index (χ0n) is 11.7. The minimum atomic E-state index is 0.0709. The Hall–Kier alpha value is -1.65. The molecule has 4 heteroatoms. The Morgan fingerprint density at radius 2 is 2.00 bits per heavy atom. The molecular weight excluding hydrogens is 280 g/mol. The van der Waals surface area contributed by atoms with Crippen LogP contribution >= 0.6 is 11.3 Å². The maximum absolute atomic E-state index is 12.4. The predicted molar refractivity (Wildman–Crippen MR) is 85.6 cm³/mol. The molecule has 2 N–H and O–H groups in total. The molecule has 21 heavy (non-hydrogen) atoms. The van der Waals surface area contributed by atoms with Crippen LogP contribution in [0.5, 0.6) is 0 Å². The normalized spacial score (nSPS) is 27.0. The van der Waals surface area contributed by atoms with Crippen LogP contribution in [0.2, 0.25) is 0 Å². The van der Waals surface area contributed by atoms with Gasteiger partial charge in [0.15, 0.2) is 0 Å². The van der Waals surface area contributed by atoms with Gasteiger partial charge in [-0.2, -0.15) is 0 Å². The van der Waals surface area contributed by atoms with E-state index in [0.29, 0.717) is 18.1 Å². The van der Waals surface area contributed by atoms with E-state index in [4.69, 9.17) is 0 Å². The molecule has 2 aliphatic heterocycles. The first-order valence-electron chi connectivity index (χ1n) is 7.52. The molecule has 0 aliphatic carbocycles. The fraction of sp³-hybridized carbons (Fsp3) is 0.353. The molecule has 2 aromatic rings. The van der Waals surface area contributed by atoms with Crippen LogP contribution in [0.1, 0.15) is 28.9 Å². The number of benzene rings is 1. The van der Waals surface area contributed by atoms with Crippen molar-refractivity contribution in [3.8, 4) is 10.4 Å². The van der Waals surface area contributed by atoms with Gasteiger partial charge in [-0.25, -0.2) is 0 Å². The topological polar surface area (TPSA) is 41.1 Å². The molecule has 2 saturated heterocycles. The van der Waals surface area contributed by atoms with E-state index in [1.807, 2.05) is 30.3 Å². The highest BCUT2D eigenvalue weighted by atomic mass is 32.1. The Bertz CT molecular complexity index is 652. The molecule has 1 amide bonds. The van der Waals surface area contributed by atoms with Gasteiger partial charge >= 0.3 is 0 Å². The largest absolute Gasteiger partial charge is 0.347 e. The summed E-state index contributed by atoms with van der Waals surface area (Å²) in [7, 11) is 0. The fourth-order valence-corrected chi connectivity index (χ4v) is 4.36. The average molecular weight is 298 g/mol. The Morgan fingerprint density at radius 3 is 2.71 bits per heavy atom. The minimum Gasteiger partial charge on any atom is -0.347 e. The number of amides is 1. The van der Waals surface area contributed by atoms with Gasteiger partial charge in [0, 0.05) is 23.0 Å². The molecular formula is C17H18N2OS. The average Bonchev–Trinajstić information content (AvgIpc) is 3.24. The summed E-state index contributed by atoms with van der Waals surface area (Å²) in [5, 5.41) is 6.75. The lowest BCUT2D eigenvalue weighted by atomic mass is 9.95. The molecule has 0 unspecified atom stereocenters. The van der Waals surface area contributed by atoms with E-state index in [1.165, 1.54) is 18.4 Å². The molecule has 4 rings (SSSR count). The lowest BCUT2D eigenvalue weighted by Gasteiger charge is -2.20. The first-order chi connectivity index (χ1) is 10.3. The van der Waals surface area contributed by atoms with Crippen molar-refractivity contribution in [2.45, 2.75) is 37.4 Å². The van der Waals surface area contributed by atoms with Crippen molar-refractivity contribution in [1.29, 1.82) is 0 Å². The number of rotatable bonds is 3. The van der Waals surface area contributed by atoms with Crippen molar-refractivity contribution in [2.24, 2.45) is 0 Å². The molecule has 1 aromatic carbocycles. The minimum absolute atomic E-state index is 0.0709. The zero-order chi connectivity index (χ0) is 14.2. The second-order valence-corrected chi connectivity index (χ2v) is 6.98. The summed E-state index contributed by atoms with van der Waals surface area (Å²) in [4.78, 5) is 14.3. The maximum atomic E-state index is 12.4. The Labute approximate surface area is 128 Å². The highest BCUT2D eigenvalue weighted by Crippen LogP contribution is 2.30. The lowest BCUT2D eigenvalue weighted by Crippen LogP contribution is -2.42. The van der Waals surface area contributed by atoms with Gasteiger partial charge in [-0.1, -0.05) is 30.3 Å². The third-order valence-electron chi connectivity index (χ3n) is 4.50. The highest BCUT2D eigenvalue weighted by Gasteiger charge is 2.39. The maximum Gasteiger partial charge on any atom is 0.261 e. The van der Waals surface area contributed by atoms with Crippen molar-refractivity contribution in [3.63, 3.8) is 0 Å². The highest BCUT2D eigenvalue weighted by molar-refractivity contribution is 7.17. The fourth-order valence-electron chi connectivity index (χ4n) is 3.44. The van der Waals surface area contributed by atoms with Gasteiger partial charge in [-0.3, -0.25) is 4.79 Å². The molecule has 3 atom stereocenters. The molecule has 108 valence electrons. The Balaban J connectivity index is 1.47. The van der Waals surface area contributed by atoms with E-state index >= 15 is 0 Å². The predicted octanol–water partition coefficient (Wildman–Crippen LogP) is 3.04. The van der Waals surface area contributed by atoms with E-state index in [1.54, 1.807) is 11.3 Å². The number of hydrogen-bond acceptors (Lipinski definition) is 3. The van der Waals surface area contributed by atoms with Crippen molar-refractivity contribution in [2.75, 3.05) is 0 Å². The van der Waals surface area contributed by atoms with E-state index in [-0.39, 0.29) is 5.91 Å². The molecule has 0 radical (unpaired) electrons. The number of carbonyl (C=O) groups is 1. The summed E-state index contributed by atoms with van der Waals surface area (Å²) in [5.74, 6) is 0.0709. The smallest absolute Gasteiger partial charge is 0.261 e. The monoisotopic (exact) mass is 298 g/mol. The summed E-state index contributed by atoms with van der Waals surface area (Å²) in [6.07, 6.45) is 3.52. The van der Waals surface area contributed by atoms with Crippen LogP contribution in [-0.2, 0) is 0 Å². The van der Waals surface area contributed by atoms with E-state index in [0.717, 1.165) is 16.2 Å². The summed E-state index contributed by atoms with van der Waals surface area (Å²) in [6, 6.07) is 15.6. The number of thiophene rings is 1. The second-order valence-electron chi connectivity index (χ2n) is 5.89. The van der Waals surface area contributed by atoms with Crippen molar-refractivity contribution >= 4 is 17.2 Å². The van der Waals surface area contributed by atoms with Gasteiger partial charge in [0.2, 0.25) is 0 Å². The van der Waals surface area contributed by atoms with Crippen molar-refractivity contribution in [1.82, 2.24) is 10.6 Å². The standard InChI is InChI=1S/C17H18N2OS/c20-17(19-14-10-12-6-7-13(14)18-12)16-9-8-15(21-16)11-4-2-1-3-5-11/h1-5,8-9,12-14,18H,6-7,10H2,(H,19,20)/t12-,13+,14-/m1/s1. The number of nitrogens with one attached hydrogen (secondary N) is 2. The molecule has 2 fully saturated rings. The van der Waals surface area contributed by atoms with Gasteiger partial charge < -0.3 is 10.6 Å². The van der Waals surface area contributed by atoms with Gasteiger partial charge in [-0.15, -0.1) is 11.3 Å². The van der Waals surface area contributed by atoms with Crippen LogP contribution in [0.4, 0.5) is 0 Å². The first-order valence-corrected chi connectivity index (χ1v) is 8.33. The van der Waals surface area contributed by atoms with Gasteiger partial charge in [-0.05, 0) is 37.0 Å². The first kappa shape index (κ1) is 13.0. The Kier molecular flexibility index (Phi) is 3.28. The van der Waals surface area contributed by atoms with Gasteiger partial charge in [0.1, 0.15) is 0 Å². The van der Waals surface area contributed by atoms with Gasteiger partial charge in [0.05, 0.1) is 4.88 Å². The number of hydrogen-bond donors (Lipinski definition) is 2. The molecule has 3 nitrogen and oxygen atoms in total. The van der Waals surface area contributed by atoms with Crippen LogP contribution in [0.25, 0.3) is 10.4 Å². The van der Waals surface area contributed by atoms with E-state index < -0.39 is 0 Å².